The van der Waals surface area contributed by atoms with E-state index in [1.165, 1.54) is 12.3 Å². The van der Waals surface area contributed by atoms with Crippen molar-refractivity contribution in [3.8, 4) is 0 Å². The maximum Gasteiger partial charge on any atom is 0.261 e. The first-order valence-electron chi connectivity index (χ1n) is 7.25. The van der Waals surface area contributed by atoms with Crippen LogP contribution in [0.5, 0.6) is 0 Å². The lowest BCUT2D eigenvalue weighted by molar-refractivity contribution is 0.102. The Hall–Kier alpha value is -3.13. The van der Waals surface area contributed by atoms with Gasteiger partial charge in [0, 0.05) is 23.2 Å². The lowest BCUT2D eigenvalue weighted by atomic mass is 10.1. The summed E-state index contributed by atoms with van der Waals surface area (Å²) in [5.41, 5.74) is 0.181. The number of rotatable bonds is 3. The number of benzene rings is 1. The fourth-order valence-electron chi connectivity index (χ4n) is 2.38. The average molecular weight is 345 g/mol. The molecule has 3 N–H and O–H groups in total. The fraction of sp³-hybridized carbons (Fsp3) is 0.118. The second-order valence-electron chi connectivity index (χ2n) is 5.34. The van der Waals surface area contributed by atoms with Crippen molar-refractivity contribution >= 4 is 22.6 Å². The van der Waals surface area contributed by atoms with E-state index >= 15 is 0 Å². The van der Waals surface area contributed by atoms with E-state index in [4.69, 9.17) is 9.83 Å². The van der Waals surface area contributed by atoms with Gasteiger partial charge in [0.05, 0.1) is 18.0 Å². The SMILES string of the molecule is Cc1ncc(CO)c2cc(C(=O)Nc3cc(F)ccc3F)c(=N)oc12. The predicted octanol–water partition coefficient (Wildman–Crippen LogP) is 2.64. The molecular weight excluding hydrogens is 332 g/mol. The number of aliphatic hydroxyl groups is 1. The van der Waals surface area contributed by atoms with E-state index in [1.807, 2.05) is 0 Å². The second kappa shape index (κ2) is 6.40. The number of aliphatic hydroxyl groups excluding tert-OH is 1. The van der Waals surface area contributed by atoms with E-state index in [0.29, 0.717) is 16.6 Å². The number of nitrogens with zero attached hydrogens (tertiary/aromatic N) is 1. The molecule has 8 heteroatoms. The Kier molecular flexibility index (Phi) is 4.28. The zero-order valence-corrected chi connectivity index (χ0v) is 13.1. The number of aryl methyl sites for hydroxylation is 1. The van der Waals surface area contributed by atoms with E-state index in [-0.39, 0.29) is 23.4 Å². The van der Waals surface area contributed by atoms with Gasteiger partial charge in [0.25, 0.3) is 5.91 Å². The van der Waals surface area contributed by atoms with Crippen molar-refractivity contribution in [3.05, 3.63) is 64.5 Å². The Morgan fingerprint density at radius 3 is 2.84 bits per heavy atom. The molecule has 25 heavy (non-hydrogen) atoms. The van der Waals surface area contributed by atoms with Crippen LogP contribution in [-0.2, 0) is 6.61 Å². The molecule has 0 unspecified atom stereocenters. The van der Waals surface area contributed by atoms with E-state index in [9.17, 15) is 18.7 Å². The minimum atomic E-state index is -0.835. The van der Waals surface area contributed by atoms with Gasteiger partial charge in [0.1, 0.15) is 17.2 Å². The Labute approximate surface area is 140 Å². The van der Waals surface area contributed by atoms with Crippen LogP contribution in [0.4, 0.5) is 14.5 Å². The summed E-state index contributed by atoms with van der Waals surface area (Å²) < 4.78 is 32.2. The number of anilines is 1. The van der Waals surface area contributed by atoms with Gasteiger partial charge < -0.3 is 14.8 Å². The lowest BCUT2D eigenvalue weighted by Gasteiger charge is -2.09. The van der Waals surface area contributed by atoms with Crippen LogP contribution in [0.15, 0.2) is 34.9 Å². The first-order valence-corrected chi connectivity index (χ1v) is 7.25. The molecule has 0 fully saturated rings. The number of aromatic nitrogens is 1. The zero-order chi connectivity index (χ0) is 18.1. The number of pyridine rings is 1. The molecule has 0 aliphatic carbocycles. The van der Waals surface area contributed by atoms with Crippen LogP contribution in [0.1, 0.15) is 21.6 Å². The van der Waals surface area contributed by atoms with Gasteiger partial charge in [0.15, 0.2) is 5.58 Å². The molecule has 2 aromatic heterocycles. The molecule has 0 saturated heterocycles. The van der Waals surface area contributed by atoms with Crippen LogP contribution in [0.3, 0.4) is 0 Å². The molecule has 0 bridgehead atoms. The molecule has 0 aliphatic heterocycles. The van der Waals surface area contributed by atoms with Gasteiger partial charge in [-0.05, 0) is 25.1 Å². The van der Waals surface area contributed by atoms with Gasteiger partial charge >= 0.3 is 0 Å². The van der Waals surface area contributed by atoms with Gasteiger partial charge in [-0.25, -0.2) is 8.78 Å². The summed E-state index contributed by atoms with van der Waals surface area (Å²) >= 11 is 0. The van der Waals surface area contributed by atoms with Crippen molar-refractivity contribution in [2.45, 2.75) is 13.5 Å². The van der Waals surface area contributed by atoms with Gasteiger partial charge in [0.2, 0.25) is 5.55 Å². The van der Waals surface area contributed by atoms with Gasteiger partial charge in [-0.2, -0.15) is 0 Å². The molecule has 0 spiro atoms. The molecule has 2 heterocycles. The smallest absolute Gasteiger partial charge is 0.261 e. The summed E-state index contributed by atoms with van der Waals surface area (Å²) in [5, 5.41) is 19.9. The first kappa shape index (κ1) is 16.7. The number of hydrogen-bond donors (Lipinski definition) is 3. The summed E-state index contributed by atoms with van der Waals surface area (Å²) in [5.74, 6) is -2.36. The highest BCUT2D eigenvalue weighted by molar-refractivity contribution is 6.05. The van der Waals surface area contributed by atoms with Gasteiger partial charge in [-0.3, -0.25) is 15.2 Å². The van der Waals surface area contributed by atoms with E-state index < -0.39 is 23.1 Å². The number of hydrogen-bond acceptors (Lipinski definition) is 5. The number of carbonyl (C=O) groups excluding carboxylic acids is 1. The van der Waals surface area contributed by atoms with Crippen LogP contribution >= 0.6 is 0 Å². The Morgan fingerprint density at radius 2 is 2.12 bits per heavy atom. The van der Waals surface area contributed by atoms with E-state index in [2.05, 4.69) is 10.3 Å². The topological polar surface area (TPSA) is 99.2 Å². The molecule has 128 valence electrons. The molecule has 1 aromatic carbocycles. The zero-order valence-electron chi connectivity index (χ0n) is 13.1. The van der Waals surface area contributed by atoms with Gasteiger partial charge in [-0.1, -0.05) is 0 Å². The minimum absolute atomic E-state index is 0.184. The summed E-state index contributed by atoms with van der Waals surface area (Å²) in [6.07, 6.45) is 1.44. The standard InChI is InChI=1S/C17H13F2N3O3/c1-8-15-11(9(7-23)6-21-8)5-12(16(20)25-15)17(24)22-14-4-10(18)2-3-13(14)19/h2-6,20,23H,7H2,1H3,(H,22,24). The maximum absolute atomic E-state index is 13.7. The predicted molar refractivity (Wildman–Crippen MR) is 84.8 cm³/mol. The van der Waals surface area contributed by atoms with Crippen molar-refractivity contribution in [1.29, 1.82) is 5.41 Å². The highest BCUT2D eigenvalue weighted by Crippen LogP contribution is 2.21. The normalized spacial score (nSPS) is 10.9. The summed E-state index contributed by atoms with van der Waals surface area (Å²) in [6, 6.07) is 4.00. The van der Waals surface area contributed by atoms with Crippen molar-refractivity contribution in [2.24, 2.45) is 0 Å². The van der Waals surface area contributed by atoms with Crippen LogP contribution in [0.2, 0.25) is 0 Å². The first-order chi connectivity index (χ1) is 11.9. The van der Waals surface area contributed by atoms with Crippen LogP contribution in [0.25, 0.3) is 11.0 Å². The molecular formula is C17H13F2N3O3. The van der Waals surface area contributed by atoms with Crippen molar-refractivity contribution < 1.29 is 23.1 Å². The number of nitrogens with one attached hydrogen (secondary N) is 2. The molecule has 1 amide bonds. The molecule has 3 rings (SSSR count). The molecule has 6 nitrogen and oxygen atoms in total. The van der Waals surface area contributed by atoms with Crippen molar-refractivity contribution in [2.75, 3.05) is 5.32 Å². The number of amides is 1. The molecule has 0 aliphatic rings. The van der Waals surface area contributed by atoms with E-state index in [1.54, 1.807) is 6.92 Å². The number of carbonyl (C=O) groups is 1. The summed E-state index contributed by atoms with van der Waals surface area (Å²) in [7, 11) is 0. The van der Waals surface area contributed by atoms with Crippen LogP contribution in [0, 0.1) is 24.0 Å². The minimum Gasteiger partial charge on any atom is -0.436 e. The Balaban J connectivity index is 2.09. The maximum atomic E-state index is 13.7. The third-order valence-electron chi connectivity index (χ3n) is 3.66. The van der Waals surface area contributed by atoms with Crippen molar-refractivity contribution in [1.82, 2.24) is 4.98 Å². The monoisotopic (exact) mass is 345 g/mol. The highest BCUT2D eigenvalue weighted by atomic mass is 19.1. The largest absolute Gasteiger partial charge is 0.436 e. The summed E-state index contributed by atoms with van der Waals surface area (Å²) in [4.78, 5) is 16.4. The lowest BCUT2D eigenvalue weighted by Crippen LogP contribution is -2.21. The second-order valence-corrected chi connectivity index (χ2v) is 5.34. The Bertz CT molecular complexity index is 1050. The number of halogens is 2. The number of fused-ring (bicyclic) bond motifs is 1. The highest BCUT2D eigenvalue weighted by Gasteiger charge is 2.17. The van der Waals surface area contributed by atoms with Crippen LogP contribution < -0.4 is 10.9 Å². The average Bonchev–Trinajstić information content (AvgIpc) is 2.58. The Morgan fingerprint density at radius 1 is 1.36 bits per heavy atom. The molecule has 0 atom stereocenters. The molecule has 0 saturated carbocycles. The fourth-order valence-corrected chi connectivity index (χ4v) is 2.38. The molecule has 0 radical (unpaired) electrons. The van der Waals surface area contributed by atoms with E-state index in [0.717, 1.165) is 18.2 Å². The third-order valence-corrected chi connectivity index (χ3v) is 3.66. The summed E-state index contributed by atoms with van der Waals surface area (Å²) in [6.45, 7) is 1.32. The molecule has 3 aromatic rings. The third kappa shape index (κ3) is 3.11. The van der Waals surface area contributed by atoms with Crippen LogP contribution in [-0.4, -0.2) is 16.0 Å². The van der Waals surface area contributed by atoms with Gasteiger partial charge in [-0.15, -0.1) is 0 Å². The van der Waals surface area contributed by atoms with Crippen molar-refractivity contribution in [3.63, 3.8) is 0 Å². The quantitative estimate of drug-likeness (QED) is 0.679.